The largest absolute Gasteiger partial charge is 0.464 e. The van der Waals surface area contributed by atoms with Gasteiger partial charge in [-0.15, -0.1) is 0 Å². The molecular weight excluding hydrogens is 432 g/mol. The number of hydrogen-bond acceptors (Lipinski definition) is 9. The number of rotatable bonds is 6. The highest BCUT2D eigenvalue weighted by molar-refractivity contribution is 8.00. The number of benzene rings is 1. The van der Waals surface area contributed by atoms with Crippen LogP contribution in [0.5, 0.6) is 0 Å². The highest BCUT2D eigenvalue weighted by Crippen LogP contribution is 2.37. The number of aromatic nitrogens is 1. The molecule has 1 amide bonds. The monoisotopic (exact) mass is 448 g/mol. The van der Waals surface area contributed by atoms with Crippen molar-refractivity contribution in [3.63, 3.8) is 0 Å². The van der Waals surface area contributed by atoms with Crippen molar-refractivity contribution in [3.05, 3.63) is 63.4 Å². The van der Waals surface area contributed by atoms with Crippen LogP contribution in [-0.2, 0) is 4.79 Å². The zero-order valence-corrected chi connectivity index (χ0v) is 17.8. The quantitative estimate of drug-likeness (QED) is 0.321. The Morgan fingerprint density at radius 1 is 1.31 bits per heavy atom. The van der Waals surface area contributed by atoms with E-state index in [2.05, 4.69) is 10.3 Å². The van der Waals surface area contributed by atoms with Crippen LogP contribution in [0.1, 0.15) is 23.6 Å². The Balaban J connectivity index is 1.93. The first kappa shape index (κ1) is 22.3. The van der Waals surface area contributed by atoms with Crippen molar-refractivity contribution in [1.82, 2.24) is 4.98 Å². The molecule has 0 radical (unpaired) electrons. The fourth-order valence-corrected chi connectivity index (χ4v) is 3.78. The van der Waals surface area contributed by atoms with Gasteiger partial charge in [0.1, 0.15) is 34.3 Å². The lowest BCUT2D eigenvalue weighted by atomic mass is 10.0. The minimum atomic E-state index is -0.745. The van der Waals surface area contributed by atoms with E-state index in [0.717, 1.165) is 11.8 Å². The maximum Gasteiger partial charge on any atom is 0.271 e. The molecule has 32 heavy (non-hydrogen) atoms. The number of aryl methyl sites for hydroxylation is 1. The molecule has 11 heteroatoms. The van der Waals surface area contributed by atoms with E-state index in [1.165, 1.54) is 24.5 Å². The number of hydrogen-bond donors (Lipinski definition) is 2. The summed E-state index contributed by atoms with van der Waals surface area (Å²) in [6.07, 6.45) is 1.40. The van der Waals surface area contributed by atoms with E-state index in [1.807, 2.05) is 12.1 Å². The zero-order chi connectivity index (χ0) is 23.4. The number of amides is 1. The number of nitrogens with one attached hydrogen (secondary N) is 1. The SMILES string of the molecule is Cc1ccc([N+](=O)[O-])cc1NC(=O)C(C)Sc1nc(N)c(C#N)c(-c2ccco2)c1C#N. The van der Waals surface area contributed by atoms with Crippen molar-refractivity contribution in [2.75, 3.05) is 11.1 Å². The molecule has 0 aliphatic rings. The number of nitrogens with zero attached hydrogens (tertiary/aromatic N) is 4. The molecule has 2 aromatic heterocycles. The fraction of sp³-hybridized carbons (Fsp3) is 0.143. The number of furan rings is 1. The van der Waals surface area contributed by atoms with Gasteiger partial charge in [-0.2, -0.15) is 10.5 Å². The number of thioether (sulfide) groups is 1. The Labute approximate surface area is 186 Å². The number of carbonyl (C=O) groups excluding carboxylic acids is 1. The lowest BCUT2D eigenvalue weighted by molar-refractivity contribution is -0.384. The summed E-state index contributed by atoms with van der Waals surface area (Å²) in [4.78, 5) is 27.4. The number of nitriles is 2. The Hall–Kier alpha value is -4.35. The molecule has 3 rings (SSSR count). The van der Waals surface area contributed by atoms with E-state index in [4.69, 9.17) is 10.2 Å². The van der Waals surface area contributed by atoms with Crippen LogP contribution in [0.3, 0.4) is 0 Å². The first-order valence-electron chi connectivity index (χ1n) is 9.17. The van der Waals surface area contributed by atoms with Gasteiger partial charge in [0.2, 0.25) is 5.91 Å². The van der Waals surface area contributed by atoms with Gasteiger partial charge in [-0.05, 0) is 31.5 Å². The van der Waals surface area contributed by atoms with Crippen molar-refractivity contribution in [2.45, 2.75) is 24.1 Å². The molecule has 0 saturated heterocycles. The highest BCUT2D eigenvalue weighted by Gasteiger charge is 2.25. The number of anilines is 2. The van der Waals surface area contributed by atoms with E-state index in [9.17, 15) is 25.4 Å². The van der Waals surface area contributed by atoms with Crippen LogP contribution in [0.15, 0.2) is 46.0 Å². The van der Waals surface area contributed by atoms with Gasteiger partial charge in [0.25, 0.3) is 5.69 Å². The molecule has 3 N–H and O–H groups in total. The first-order chi connectivity index (χ1) is 15.3. The van der Waals surface area contributed by atoms with Gasteiger partial charge < -0.3 is 15.5 Å². The predicted octanol–water partition coefficient (Wildman–Crippen LogP) is 4.00. The fourth-order valence-electron chi connectivity index (χ4n) is 2.86. The van der Waals surface area contributed by atoms with Crippen LogP contribution in [-0.4, -0.2) is 21.1 Å². The number of carbonyl (C=O) groups is 1. The van der Waals surface area contributed by atoms with Gasteiger partial charge in [0, 0.05) is 12.1 Å². The van der Waals surface area contributed by atoms with Gasteiger partial charge in [0.05, 0.1) is 33.3 Å². The Morgan fingerprint density at radius 3 is 2.62 bits per heavy atom. The number of nitrogens with two attached hydrogens (primary N) is 1. The Bertz CT molecular complexity index is 1290. The second kappa shape index (κ2) is 9.20. The van der Waals surface area contributed by atoms with Crippen molar-refractivity contribution in [1.29, 1.82) is 10.5 Å². The Kier molecular flexibility index (Phi) is 6.42. The standard InChI is InChI=1S/C21H16N6O4S/c1-11-5-6-13(27(29)30)8-16(11)25-20(28)12(2)32-21-15(10-23)18(17-4-3-7-31-17)14(9-22)19(24)26-21/h3-8,12H,1-2H3,(H2,24,26)(H,25,28). The van der Waals surface area contributed by atoms with E-state index in [-0.39, 0.29) is 39.0 Å². The number of nitrogen functional groups attached to an aromatic ring is 1. The highest BCUT2D eigenvalue weighted by atomic mass is 32.2. The molecule has 160 valence electrons. The summed E-state index contributed by atoms with van der Waals surface area (Å²) in [7, 11) is 0. The van der Waals surface area contributed by atoms with E-state index < -0.39 is 16.1 Å². The van der Waals surface area contributed by atoms with E-state index in [1.54, 1.807) is 26.0 Å². The van der Waals surface area contributed by atoms with E-state index >= 15 is 0 Å². The summed E-state index contributed by atoms with van der Waals surface area (Å²) in [6.45, 7) is 3.31. The van der Waals surface area contributed by atoms with Crippen LogP contribution < -0.4 is 11.1 Å². The summed E-state index contributed by atoms with van der Waals surface area (Å²) in [5.74, 6) is -0.271. The minimum Gasteiger partial charge on any atom is -0.464 e. The topological polar surface area (TPSA) is 172 Å². The zero-order valence-electron chi connectivity index (χ0n) is 16.9. The van der Waals surface area contributed by atoms with Crippen molar-refractivity contribution in [2.24, 2.45) is 0 Å². The van der Waals surface area contributed by atoms with Crippen molar-refractivity contribution < 1.29 is 14.1 Å². The second-order valence-corrected chi connectivity index (χ2v) is 7.96. The number of pyridine rings is 1. The minimum absolute atomic E-state index is 0.00479. The number of nitro groups is 1. The second-order valence-electron chi connectivity index (χ2n) is 6.63. The van der Waals surface area contributed by atoms with Crippen LogP contribution in [0.4, 0.5) is 17.2 Å². The number of non-ortho nitro benzene ring substituents is 1. The molecule has 0 spiro atoms. The van der Waals surface area contributed by atoms with Crippen LogP contribution >= 0.6 is 11.8 Å². The first-order valence-corrected chi connectivity index (χ1v) is 10.0. The third-order valence-electron chi connectivity index (χ3n) is 4.53. The molecule has 1 aromatic carbocycles. The smallest absolute Gasteiger partial charge is 0.271 e. The van der Waals surface area contributed by atoms with E-state index in [0.29, 0.717) is 11.3 Å². The van der Waals surface area contributed by atoms with Gasteiger partial charge in [-0.25, -0.2) is 4.98 Å². The average Bonchev–Trinajstić information content (AvgIpc) is 3.29. The summed E-state index contributed by atoms with van der Waals surface area (Å²) in [6, 6.07) is 11.3. The van der Waals surface area contributed by atoms with Gasteiger partial charge in [0.15, 0.2) is 0 Å². The lowest BCUT2D eigenvalue weighted by Crippen LogP contribution is -2.23. The normalized spacial score (nSPS) is 11.2. The maximum absolute atomic E-state index is 12.8. The Morgan fingerprint density at radius 2 is 2.03 bits per heavy atom. The van der Waals surface area contributed by atoms with Crippen LogP contribution in [0.2, 0.25) is 0 Å². The summed E-state index contributed by atoms with van der Waals surface area (Å²) >= 11 is 0.973. The summed E-state index contributed by atoms with van der Waals surface area (Å²) < 4.78 is 5.36. The van der Waals surface area contributed by atoms with Gasteiger partial charge in [-0.1, -0.05) is 17.8 Å². The third kappa shape index (κ3) is 4.38. The number of nitro benzene ring substituents is 1. The van der Waals surface area contributed by atoms with Gasteiger partial charge in [-0.3, -0.25) is 14.9 Å². The molecule has 0 bridgehead atoms. The molecular formula is C21H16N6O4S. The molecule has 0 fully saturated rings. The predicted molar refractivity (Wildman–Crippen MR) is 118 cm³/mol. The molecule has 1 atom stereocenters. The van der Waals surface area contributed by atoms with Crippen LogP contribution in [0, 0.1) is 39.7 Å². The molecule has 10 nitrogen and oxygen atoms in total. The lowest BCUT2D eigenvalue weighted by Gasteiger charge is -2.15. The molecule has 0 aliphatic carbocycles. The molecule has 2 heterocycles. The molecule has 0 saturated carbocycles. The summed E-state index contributed by atoms with van der Waals surface area (Å²) in [5, 5.41) is 32.3. The van der Waals surface area contributed by atoms with Gasteiger partial charge >= 0.3 is 0 Å². The van der Waals surface area contributed by atoms with Crippen molar-refractivity contribution >= 4 is 34.9 Å². The molecule has 1 unspecified atom stereocenters. The average molecular weight is 448 g/mol. The van der Waals surface area contributed by atoms with Crippen molar-refractivity contribution in [3.8, 4) is 23.5 Å². The molecule has 0 aliphatic heterocycles. The molecule has 3 aromatic rings. The third-order valence-corrected chi connectivity index (χ3v) is 5.62. The maximum atomic E-state index is 12.8. The summed E-state index contributed by atoms with van der Waals surface area (Å²) in [5.41, 5.74) is 7.02. The van der Waals surface area contributed by atoms with Crippen LogP contribution in [0.25, 0.3) is 11.3 Å².